The van der Waals surface area contributed by atoms with E-state index in [-0.39, 0.29) is 17.7 Å². The van der Waals surface area contributed by atoms with Gasteiger partial charge in [0.15, 0.2) is 0 Å². The Balaban J connectivity index is 1.56. The van der Waals surface area contributed by atoms with E-state index in [0.29, 0.717) is 18.9 Å². The van der Waals surface area contributed by atoms with Crippen LogP contribution in [0, 0.1) is 11.8 Å². The molecule has 0 radical (unpaired) electrons. The lowest BCUT2D eigenvalue weighted by Crippen LogP contribution is -2.35. The van der Waals surface area contributed by atoms with Crippen molar-refractivity contribution in [1.82, 2.24) is 5.32 Å². The number of fused-ring (bicyclic) bond motifs is 1. The molecule has 0 aromatic heterocycles. The molecule has 22 heavy (non-hydrogen) atoms. The van der Waals surface area contributed by atoms with Crippen molar-refractivity contribution in [2.45, 2.75) is 31.1 Å². The summed E-state index contributed by atoms with van der Waals surface area (Å²) in [6.07, 6.45) is 2.35. The summed E-state index contributed by atoms with van der Waals surface area (Å²) in [6, 6.07) is 8.07. The second-order valence-corrected chi connectivity index (χ2v) is 7.21. The minimum atomic E-state index is 0.0964. The van der Waals surface area contributed by atoms with E-state index in [1.54, 1.807) is 0 Å². The first-order valence-electron chi connectivity index (χ1n) is 7.96. The Morgan fingerprint density at radius 2 is 2.14 bits per heavy atom. The number of rotatable bonds is 4. The first-order valence-corrected chi connectivity index (χ1v) is 8.95. The topological polar surface area (TPSA) is 49.4 Å². The van der Waals surface area contributed by atoms with Gasteiger partial charge in [-0.05, 0) is 36.6 Å². The van der Waals surface area contributed by atoms with E-state index in [0.717, 1.165) is 30.8 Å². The highest BCUT2D eigenvalue weighted by molar-refractivity contribution is 7.99. The van der Waals surface area contributed by atoms with Crippen LogP contribution in [0.2, 0.25) is 0 Å². The minimum Gasteiger partial charge on any atom is -0.355 e. The van der Waals surface area contributed by atoms with E-state index in [1.807, 2.05) is 34.9 Å². The SMILES string of the molecule is C[C@@H]1C[C@@H]1C(=O)NCCC(=O)N1CCCSc2ccccc21. The van der Waals surface area contributed by atoms with E-state index < -0.39 is 0 Å². The number of carbonyl (C=O) groups is 2. The molecule has 1 heterocycles. The molecule has 0 unspecified atom stereocenters. The molecule has 1 aliphatic carbocycles. The Labute approximate surface area is 135 Å². The summed E-state index contributed by atoms with van der Waals surface area (Å²) in [5, 5.41) is 2.89. The number of hydrogen-bond acceptors (Lipinski definition) is 3. The minimum absolute atomic E-state index is 0.0964. The van der Waals surface area contributed by atoms with Crippen molar-refractivity contribution in [3.05, 3.63) is 24.3 Å². The second kappa shape index (κ2) is 6.73. The second-order valence-electron chi connectivity index (χ2n) is 6.08. The predicted octanol–water partition coefficient (Wildman–Crippen LogP) is 2.68. The molecule has 0 saturated heterocycles. The van der Waals surface area contributed by atoms with Gasteiger partial charge >= 0.3 is 0 Å². The number of carbonyl (C=O) groups excluding carboxylic acids is 2. The van der Waals surface area contributed by atoms with Gasteiger partial charge in [0, 0.05) is 30.3 Å². The average Bonchev–Trinajstić information content (AvgIpc) is 3.28. The summed E-state index contributed by atoms with van der Waals surface area (Å²) in [4.78, 5) is 27.3. The fourth-order valence-electron chi connectivity index (χ4n) is 2.83. The number of para-hydroxylation sites is 1. The van der Waals surface area contributed by atoms with Crippen molar-refractivity contribution in [2.75, 3.05) is 23.7 Å². The lowest BCUT2D eigenvalue weighted by Gasteiger charge is -2.22. The maximum absolute atomic E-state index is 12.5. The van der Waals surface area contributed by atoms with Crippen LogP contribution in [-0.2, 0) is 9.59 Å². The summed E-state index contributed by atoms with van der Waals surface area (Å²) < 4.78 is 0. The summed E-state index contributed by atoms with van der Waals surface area (Å²) in [7, 11) is 0. The molecule has 0 bridgehead atoms. The number of hydrogen-bond donors (Lipinski definition) is 1. The Morgan fingerprint density at radius 3 is 2.91 bits per heavy atom. The molecule has 1 aromatic rings. The Morgan fingerprint density at radius 1 is 1.36 bits per heavy atom. The summed E-state index contributed by atoms with van der Waals surface area (Å²) in [6.45, 7) is 3.28. The number of nitrogens with zero attached hydrogens (tertiary/aromatic N) is 1. The Bertz CT molecular complexity index is 576. The molecule has 1 aliphatic heterocycles. The maximum atomic E-state index is 12.5. The molecule has 1 saturated carbocycles. The van der Waals surface area contributed by atoms with Crippen LogP contribution in [0.3, 0.4) is 0 Å². The third-order valence-corrected chi connectivity index (χ3v) is 5.47. The average molecular weight is 318 g/mol. The van der Waals surface area contributed by atoms with Crippen molar-refractivity contribution < 1.29 is 9.59 Å². The van der Waals surface area contributed by atoms with Gasteiger partial charge < -0.3 is 10.2 Å². The molecule has 1 fully saturated rings. The zero-order valence-corrected chi connectivity index (χ0v) is 13.7. The van der Waals surface area contributed by atoms with Crippen LogP contribution in [0.5, 0.6) is 0 Å². The van der Waals surface area contributed by atoms with Gasteiger partial charge in [0.1, 0.15) is 0 Å². The lowest BCUT2D eigenvalue weighted by atomic mass is 10.2. The number of amides is 2. The van der Waals surface area contributed by atoms with Gasteiger partial charge in [0.2, 0.25) is 11.8 Å². The smallest absolute Gasteiger partial charge is 0.228 e. The maximum Gasteiger partial charge on any atom is 0.228 e. The first kappa shape index (κ1) is 15.4. The van der Waals surface area contributed by atoms with Crippen LogP contribution in [0.25, 0.3) is 0 Å². The van der Waals surface area contributed by atoms with Crippen molar-refractivity contribution in [2.24, 2.45) is 11.8 Å². The third-order valence-electron chi connectivity index (χ3n) is 4.33. The van der Waals surface area contributed by atoms with E-state index in [9.17, 15) is 9.59 Å². The molecule has 2 amide bonds. The summed E-state index contributed by atoms with van der Waals surface area (Å²) in [5.74, 6) is 1.92. The quantitative estimate of drug-likeness (QED) is 0.928. The summed E-state index contributed by atoms with van der Waals surface area (Å²) >= 11 is 1.81. The fraction of sp³-hybridized carbons (Fsp3) is 0.529. The van der Waals surface area contributed by atoms with Crippen LogP contribution >= 0.6 is 11.8 Å². The molecule has 0 spiro atoms. The largest absolute Gasteiger partial charge is 0.355 e. The van der Waals surface area contributed by atoms with Gasteiger partial charge in [-0.3, -0.25) is 9.59 Å². The van der Waals surface area contributed by atoms with Crippen LogP contribution in [0.15, 0.2) is 29.2 Å². The molecule has 2 atom stereocenters. The van der Waals surface area contributed by atoms with Gasteiger partial charge in [-0.1, -0.05) is 19.1 Å². The zero-order valence-electron chi connectivity index (χ0n) is 12.9. The summed E-state index contributed by atoms with van der Waals surface area (Å²) in [5.41, 5.74) is 1.01. The molecule has 1 aromatic carbocycles. The van der Waals surface area contributed by atoms with Gasteiger partial charge in [-0.2, -0.15) is 0 Å². The molecule has 1 N–H and O–H groups in total. The number of nitrogens with one attached hydrogen (secondary N) is 1. The van der Waals surface area contributed by atoms with Gasteiger partial charge in [0.25, 0.3) is 0 Å². The van der Waals surface area contributed by atoms with Crippen LogP contribution in [-0.4, -0.2) is 30.7 Å². The molecule has 5 heteroatoms. The van der Waals surface area contributed by atoms with Crippen LogP contribution < -0.4 is 10.2 Å². The normalized spacial score (nSPS) is 23.4. The molecule has 4 nitrogen and oxygen atoms in total. The molecule has 2 aliphatic rings. The zero-order chi connectivity index (χ0) is 15.5. The number of anilines is 1. The fourth-order valence-corrected chi connectivity index (χ4v) is 3.83. The monoisotopic (exact) mass is 318 g/mol. The van der Waals surface area contributed by atoms with E-state index in [1.165, 1.54) is 4.90 Å². The highest BCUT2D eigenvalue weighted by atomic mass is 32.2. The van der Waals surface area contributed by atoms with E-state index >= 15 is 0 Å². The van der Waals surface area contributed by atoms with Gasteiger partial charge in [-0.15, -0.1) is 11.8 Å². The highest BCUT2D eigenvalue weighted by Crippen LogP contribution is 2.37. The molecule has 3 rings (SSSR count). The molecule has 118 valence electrons. The van der Waals surface area contributed by atoms with E-state index in [2.05, 4.69) is 18.3 Å². The van der Waals surface area contributed by atoms with Gasteiger partial charge in [-0.25, -0.2) is 0 Å². The Kier molecular flexibility index (Phi) is 4.71. The van der Waals surface area contributed by atoms with Crippen LogP contribution in [0.1, 0.15) is 26.2 Å². The lowest BCUT2D eigenvalue weighted by molar-refractivity contribution is -0.122. The highest BCUT2D eigenvalue weighted by Gasteiger charge is 2.38. The van der Waals surface area contributed by atoms with Crippen molar-refractivity contribution in [3.8, 4) is 0 Å². The van der Waals surface area contributed by atoms with Crippen LogP contribution in [0.4, 0.5) is 5.69 Å². The predicted molar refractivity (Wildman–Crippen MR) is 89.0 cm³/mol. The molecular formula is C17H22N2O2S. The number of benzene rings is 1. The number of thioether (sulfide) groups is 1. The van der Waals surface area contributed by atoms with Crippen molar-refractivity contribution in [3.63, 3.8) is 0 Å². The van der Waals surface area contributed by atoms with Crippen molar-refractivity contribution >= 4 is 29.3 Å². The third kappa shape index (κ3) is 3.46. The first-order chi connectivity index (χ1) is 10.7. The van der Waals surface area contributed by atoms with Gasteiger partial charge in [0.05, 0.1) is 5.69 Å². The standard InChI is InChI=1S/C17H22N2O2S/c1-12-11-13(12)17(21)18-8-7-16(20)19-9-4-10-22-15-6-3-2-5-14(15)19/h2-3,5-6,12-13H,4,7-11H2,1H3,(H,18,21)/t12-,13+/m1/s1. The molecular weight excluding hydrogens is 296 g/mol. The van der Waals surface area contributed by atoms with E-state index in [4.69, 9.17) is 0 Å². The Hall–Kier alpha value is -1.49. The van der Waals surface area contributed by atoms with Crippen molar-refractivity contribution in [1.29, 1.82) is 0 Å².